The Kier molecular flexibility index (Phi) is 4.22. The highest BCUT2D eigenvalue weighted by atomic mass is 16.1. The lowest BCUT2D eigenvalue weighted by Gasteiger charge is -2.01. The molecular weight excluding hydrogens is 188 g/mol. The summed E-state index contributed by atoms with van der Waals surface area (Å²) in [5, 5.41) is 0. The number of carbonyl (C=O) groups excluding carboxylic acids is 2. The van der Waals surface area contributed by atoms with Crippen molar-refractivity contribution in [3.63, 3.8) is 0 Å². The predicted octanol–water partition coefficient (Wildman–Crippen LogP) is 2.94. The van der Waals surface area contributed by atoms with Crippen LogP contribution in [0.25, 0.3) is 0 Å². The van der Waals surface area contributed by atoms with Crippen LogP contribution in [0.4, 0.5) is 0 Å². The van der Waals surface area contributed by atoms with E-state index in [0.29, 0.717) is 12.0 Å². The van der Waals surface area contributed by atoms with E-state index in [1.54, 1.807) is 6.07 Å². The maximum atomic E-state index is 11.7. The molecule has 0 radical (unpaired) electrons. The normalized spacial score (nSPS) is 10.0. The number of carbonyl (C=O) groups is 2. The van der Waals surface area contributed by atoms with Gasteiger partial charge in [-0.3, -0.25) is 9.59 Å². The van der Waals surface area contributed by atoms with Gasteiger partial charge >= 0.3 is 0 Å². The summed E-state index contributed by atoms with van der Waals surface area (Å²) in [7, 11) is 0. The summed E-state index contributed by atoms with van der Waals surface area (Å²) in [4.78, 5) is 23.0. The van der Waals surface area contributed by atoms with Crippen molar-refractivity contribution in [2.45, 2.75) is 33.1 Å². The van der Waals surface area contributed by atoms with E-state index in [2.05, 4.69) is 0 Å². The lowest BCUT2D eigenvalue weighted by atomic mass is 10.0. The fourth-order valence-electron chi connectivity index (χ4n) is 1.47. The van der Waals surface area contributed by atoms with Crippen LogP contribution in [-0.2, 0) is 4.79 Å². The first-order valence-electron chi connectivity index (χ1n) is 5.25. The molecule has 2 heteroatoms. The van der Waals surface area contributed by atoms with E-state index in [9.17, 15) is 9.59 Å². The van der Waals surface area contributed by atoms with Crippen LogP contribution in [0.15, 0.2) is 24.3 Å². The third kappa shape index (κ3) is 3.66. The van der Waals surface area contributed by atoms with Crippen LogP contribution >= 0.6 is 0 Å². The van der Waals surface area contributed by atoms with Crippen molar-refractivity contribution in [3.05, 3.63) is 35.4 Å². The topological polar surface area (TPSA) is 34.1 Å². The Hall–Kier alpha value is -1.44. The molecule has 0 heterocycles. The molecule has 0 atom stereocenters. The van der Waals surface area contributed by atoms with E-state index in [1.165, 1.54) is 0 Å². The van der Waals surface area contributed by atoms with Gasteiger partial charge < -0.3 is 0 Å². The number of rotatable bonds is 5. The van der Waals surface area contributed by atoms with Gasteiger partial charge in [-0.05, 0) is 19.4 Å². The molecule has 0 N–H and O–H groups in total. The first-order valence-corrected chi connectivity index (χ1v) is 5.25. The number of hydrogen-bond acceptors (Lipinski definition) is 2. The molecule has 0 aromatic heterocycles. The molecular formula is C13H16O2. The zero-order valence-electron chi connectivity index (χ0n) is 9.25. The minimum absolute atomic E-state index is 0.0315. The summed E-state index contributed by atoms with van der Waals surface area (Å²) < 4.78 is 0. The highest BCUT2D eigenvalue weighted by molar-refractivity contribution is 6.07. The number of Topliss-reactive ketones (excluding diaryl/α,β-unsaturated/α-hetero) is 2. The van der Waals surface area contributed by atoms with Crippen LogP contribution in [0.1, 0.15) is 42.1 Å². The van der Waals surface area contributed by atoms with Gasteiger partial charge in [-0.15, -0.1) is 0 Å². The molecule has 0 unspecified atom stereocenters. The van der Waals surface area contributed by atoms with Crippen molar-refractivity contribution < 1.29 is 9.59 Å². The molecule has 80 valence electrons. The van der Waals surface area contributed by atoms with Gasteiger partial charge in [-0.2, -0.15) is 0 Å². The molecule has 1 rings (SSSR count). The molecule has 2 nitrogen and oxygen atoms in total. The zero-order valence-corrected chi connectivity index (χ0v) is 9.25. The zero-order chi connectivity index (χ0) is 11.3. The molecule has 0 spiro atoms. The Labute approximate surface area is 90.3 Å². The molecule has 0 aliphatic heterocycles. The molecule has 0 aliphatic rings. The van der Waals surface area contributed by atoms with E-state index in [-0.39, 0.29) is 18.0 Å². The van der Waals surface area contributed by atoms with E-state index < -0.39 is 0 Å². The molecule has 1 aromatic rings. The molecule has 0 bridgehead atoms. The van der Waals surface area contributed by atoms with Gasteiger partial charge in [0.2, 0.25) is 0 Å². The van der Waals surface area contributed by atoms with Crippen molar-refractivity contribution >= 4 is 11.6 Å². The van der Waals surface area contributed by atoms with E-state index >= 15 is 0 Å². The quantitative estimate of drug-likeness (QED) is 0.546. The fraction of sp³-hybridized carbons (Fsp3) is 0.385. The maximum Gasteiger partial charge on any atom is 0.170 e. The Morgan fingerprint density at radius 1 is 1.27 bits per heavy atom. The van der Waals surface area contributed by atoms with Gasteiger partial charge in [-0.1, -0.05) is 30.7 Å². The predicted molar refractivity (Wildman–Crippen MR) is 60.0 cm³/mol. The van der Waals surface area contributed by atoms with E-state index in [4.69, 9.17) is 0 Å². The Bertz CT molecular complexity index is 367. The molecule has 1 aromatic carbocycles. The van der Waals surface area contributed by atoms with Crippen molar-refractivity contribution in [2.75, 3.05) is 0 Å². The van der Waals surface area contributed by atoms with Gasteiger partial charge in [0.25, 0.3) is 0 Å². The summed E-state index contributed by atoms with van der Waals surface area (Å²) in [5.74, 6) is -0.0406. The number of benzene rings is 1. The van der Waals surface area contributed by atoms with Crippen LogP contribution in [0.5, 0.6) is 0 Å². The van der Waals surface area contributed by atoms with Gasteiger partial charge in [0, 0.05) is 12.0 Å². The monoisotopic (exact) mass is 204 g/mol. The summed E-state index contributed by atoms with van der Waals surface area (Å²) in [6, 6.07) is 7.35. The van der Waals surface area contributed by atoms with Gasteiger partial charge in [-0.25, -0.2) is 0 Å². The van der Waals surface area contributed by atoms with Crippen molar-refractivity contribution in [1.82, 2.24) is 0 Å². The Morgan fingerprint density at radius 2 is 2.00 bits per heavy atom. The first kappa shape index (κ1) is 11.6. The van der Waals surface area contributed by atoms with Crippen molar-refractivity contribution in [1.29, 1.82) is 0 Å². The third-order valence-corrected chi connectivity index (χ3v) is 2.23. The van der Waals surface area contributed by atoms with Gasteiger partial charge in [0.05, 0.1) is 6.42 Å². The van der Waals surface area contributed by atoms with Crippen LogP contribution < -0.4 is 0 Å². The maximum absolute atomic E-state index is 11.7. The minimum Gasteiger partial charge on any atom is -0.299 e. The Balaban J connectivity index is 2.65. The van der Waals surface area contributed by atoms with E-state index in [0.717, 1.165) is 12.0 Å². The van der Waals surface area contributed by atoms with Crippen molar-refractivity contribution in [3.8, 4) is 0 Å². The smallest absolute Gasteiger partial charge is 0.170 e. The number of hydrogen-bond donors (Lipinski definition) is 0. The number of ketones is 2. The van der Waals surface area contributed by atoms with Crippen LogP contribution in [0.2, 0.25) is 0 Å². The third-order valence-electron chi connectivity index (χ3n) is 2.23. The second-order valence-corrected chi connectivity index (χ2v) is 3.76. The SMILES string of the molecule is CCCC(=O)CC(=O)c1cccc(C)c1. The molecule has 0 aliphatic carbocycles. The summed E-state index contributed by atoms with van der Waals surface area (Å²) in [6.45, 7) is 3.87. The molecule has 0 fully saturated rings. The van der Waals surface area contributed by atoms with Crippen LogP contribution in [-0.4, -0.2) is 11.6 Å². The lowest BCUT2D eigenvalue weighted by Crippen LogP contribution is -2.07. The second-order valence-electron chi connectivity index (χ2n) is 3.76. The lowest BCUT2D eigenvalue weighted by molar-refractivity contribution is -0.118. The Morgan fingerprint density at radius 3 is 2.60 bits per heavy atom. The standard InChI is InChI=1S/C13H16O2/c1-3-5-12(14)9-13(15)11-7-4-6-10(2)8-11/h4,6-8H,3,5,9H2,1-2H3. The summed E-state index contributed by atoms with van der Waals surface area (Å²) in [5.41, 5.74) is 1.68. The molecule has 0 saturated carbocycles. The number of aryl methyl sites for hydroxylation is 1. The second kappa shape index (κ2) is 5.44. The highest BCUT2D eigenvalue weighted by Crippen LogP contribution is 2.08. The highest BCUT2D eigenvalue weighted by Gasteiger charge is 2.10. The van der Waals surface area contributed by atoms with E-state index in [1.807, 2.05) is 32.0 Å². The van der Waals surface area contributed by atoms with Crippen LogP contribution in [0.3, 0.4) is 0 Å². The van der Waals surface area contributed by atoms with Gasteiger partial charge in [0.15, 0.2) is 5.78 Å². The van der Waals surface area contributed by atoms with Gasteiger partial charge in [0.1, 0.15) is 5.78 Å². The summed E-state index contributed by atoms with van der Waals surface area (Å²) in [6.07, 6.45) is 1.34. The minimum atomic E-state index is -0.0721. The molecule has 15 heavy (non-hydrogen) atoms. The first-order chi connectivity index (χ1) is 7.13. The fourth-order valence-corrected chi connectivity index (χ4v) is 1.47. The largest absolute Gasteiger partial charge is 0.299 e. The van der Waals surface area contributed by atoms with Crippen molar-refractivity contribution in [2.24, 2.45) is 0 Å². The average Bonchev–Trinajstić information content (AvgIpc) is 2.18. The average molecular weight is 204 g/mol. The summed E-state index contributed by atoms with van der Waals surface area (Å²) >= 11 is 0. The van der Waals surface area contributed by atoms with Crippen LogP contribution in [0, 0.1) is 6.92 Å². The molecule has 0 saturated heterocycles. The molecule has 0 amide bonds.